The zero-order valence-corrected chi connectivity index (χ0v) is 11.4. The highest BCUT2D eigenvalue weighted by atomic mass is 79.9. The molecular formula is C14H18BrFO. The van der Waals surface area contributed by atoms with E-state index in [1.165, 1.54) is 37.8 Å². The van der Waals surface area contributed by atoms with Crippen LogP contribution in [0.4, 0.5) is 4.39 Å². The molecule has 0 aliphatic heterocycles. The summed E-state index contributed by atoms with van der Waals surface area (Å²) in [6, 6.07) is 4.53. The average Bonchev–Trinajstić information content (AvgIpc) is 2.56. The normalized spacial score (nSPS) is 19.9. The smallest absolute Gasteiger partial charge is 0.124 e. The average molecular weight is 301 g/mol. The van der Waals surface area contributed by atoms with Crippen molar-refractivity contribution in [1.82, 2.24) is 0 Å². The van der Waals surface area contributed by atoms with E-state index in [2.05, 4.69) is 15.9 Å². The minimum absolute atomic E-state index is 0.270. The molecule has 0 unspecified atom stereocenters. The zero-order valence-electron chi connectivity index (χ0n) is 9.83. The van der Waals surface area contributed by atoms with Gasteiger partial charge in [0.1, 0.15) is 5.82 Å². The molecule has 1 aromatic carbocycles. The lowest BCUT2D eigenvalue weighted by Gasteiger charge is -2.22. The van der Waals surface area contributed by atoms with Crippen LogP contribution >= 0.6 is 15.9 Å². The number of halogens is 2. The molecule has 3 heteroatoms. The van der Waals surface area contributed by atoms with E-state index in [9.17, 15) is 9.50 Å². The van der Waals surface area contributed by atoms with Gasteiger partial charge in [0, 0.05) is 4.47 Å². The molecule has 0 bridgehead atoms. The third-order valence-electron chi connectivity index (χ3n) is 3.63. The zero-order chi connectivity index (χ0) is 12.3. The minimum Gasteiger partial charge on any atom is -0.388 e. The van der Waals surface area contributed by atoms with Crippen LogP contribution in [0, 0.1) is 11.7 Å². The third-order valence-corrected chi connectivity index (χ3v) is 4.31. The lowest BCUT2D eigenvalue weighted by atomic mass is 9.89. The van der Waals surface area contributed by atoms with Crippen molar-refractivity contribution in [2.24, 2.45) is 5.92 Å². The fourth-order valence-corrected chi connectivity index (χ4v) is 3.21. The van der Waals surface area contributed by atoms with Crippen molar-refractivity contribution in [3.63, 3.8) is 0 Å². The minimum atomic E-state index is -0.469. The molecule has 1 fully saturated rings. The van der Waals surface area contributed by atoms with Crippen molar-refractivity contribution in [1.29, 1.82) is 0 Å². The van der Waals surface area contributed by atoms with Crippen molar-refractivity contribution in [3.8, 4) is 0 Å². The van der Waals surface area contributed by atoms with Gasteiger partial charge in [-0.15, -0.1) is 0 Å². The lowest BCUT2D eigenvalue weighted by Crippen LogP contribution is -2.12. The van der Waals surface area contributed by atoms with Crippen molar-refractivity contribution in [2.75, 3.05) is 0 Å². The highest BCUT2D eigenvalue weighted by Crippen LogP contribution is 2.36. The molecule has 0 saturated heterocycles. The van der Waals surface area contributed by atoms with Gasteiger partial charge in [-0.05, 0) is 36.5 Å². The predicted octanol–water partition coefficient (Wildman–Crippen LogP) is 4.59. The van der Waals surface area contributed by atoms with E-state index >= 15 is 0 Å². The number of hydrogen-bond acceptors (Lipinski definition) is 1. The first-order valence-corrected chi connectivity index (χ1v) is 7.11. The summed E-state index contributed by atoms with van der Waals surface area (Å²) in [5, 5.41) is 10.4. The van der Waals surface area contributed by atoms with Gasteiger partial charge in [-0.2, -0.15) is 0 Å². The summed E-state index contributed by atoms with van der Waals surface area (Å²) >= 11 is 3.33. The fourth-order valence-electron chi connectivity index (χ4n) is 2.62. The monoisotopic (exact) mass is 300 g/mol. The number of rotatable bonds is 2. The first-order chi connectivity index (χ1) is 8.18. The molecule has 1 N–H and O–H groups in total. The van der Waals surface area contributed by atoms with Crippen LogP contribution in [0.15, 0.2) is 22.7 Å². The summed E-state index contributed by atoms with van der Waals surface area (Å²) in [5.41, 5.74) is 0.818. The number of hydrogen-bond donors (Lipinski definition) is 1. The first kappa shape index (κ1) is 13.0. The van der Waals surface area contributed by atoms with Gasteiger partial charge in [0.15, 0.2) is 0 Å². The van der Waals surface area contributed by atoms with Gasteiger partial charge in [-0.3, -0.25) is 0 Å². The van der Waals surface area contributed by atoms with Crippen LogP contribution in [0.2, 0.25) is 0 Å². The SMILES string of the molecule is O[C@@H](c1ccc(F)cc1Br)C1CCCCCC1. The van der Waals surface area contributed by atoms with Crippen LogP contribution in [0.5, 0.6) is 0 Å². The molecule has 1 atom stereocenters. The Kier molecular flexibility index (Phi) is 4.57. The summed E-state index contributed by atoms with van der Waals surface area (Å²) in [7, 11) is 0. The molecule has 1 aromatic rings. The Labute approximate surface area is 110 Å². The Morgan fingerprint density at radius 3 is 2.41 bits per heavy atom. The highest BCUT2D eigenvalue weighted by molar-refractivity contribution is 9.10. The summed E-state index contributed by atoms with van der Waals surface area (Å²) < 4.78 is 13.7. The Morgan fingerprint density at radius 2 is 1.82 bits per heavy atom. The second kappa shape index (κ2) is 5.96. The molecule has 0 heterocycles. The van der Waals surface area contributed by atoms with Gasteiger partial charge in [0.05, 0.1) is 6.10 Å². The molecule has 0 radical (unpaired) electrons. The first-order valence-electron chi connectivity index (χ1n) is 6.31. The molecule has 94 valence electrons. The maximum atomic E-state index is 13.0. The molecule has 0 amide bonds. The van der Waals surface area contributed by atoms with Crippen molar-refractivity contribution in [2.45, 2.75) is 44.6 Å². The van der Waals surface area contributed by atoms with Crippen LogP contribution < -0.4 is 0 Å². The molecule has 2 rings (SSSR count). The van der Waals surface area contributed by atoms with Gasteiger partial charge in [0.2, 0.25) is 0 Å². The fraction of sp³-hybridized carbons (Fsp3) is 0.571. The van der Waals surface area contributed by atoms with E-state index in [-0.39, 0.29) is 5.82 Å². The van der Waals surface area contributed by atoms with E-state index in [0.29, 0.717) is 10.4 Å². The molecule has 1 nitrogen and oxygen atoms in total. The molecule has 1 aliphatic rings. The number of benzene rings is 1. The molecule has 0 aromatic heterocycles. The standard InChI is InChI=1S/C14H18BrFO/c15-13-9-11(16)7-8-12(13)14(17)10-5-3-1-2-4-6-10/h7-10,14,17H,1-6H2/t14-/m1/s1. The van der Waals surface area contributed by atoms with Gasteiger partial charge >= 0.3 is 0 Å². The van der Waals surface area contributed by atoms with Crippen LogP contribution in [0.1, 0.15) is 50.2 Å². The molecule has 1 saturated carbocycles. The molecule has 17 heavy (non-hydrogen) atoms. The Morgan fingerprint density at radius 1 is 1.18 bits per heavy atom. The summed E-state index contributed by atoms with van der Waals surface area (Å²) in [4.78, 5) is 0. The second-order valence-corrected chi connectivity index (χ2v) is 5.72. The quantitative estimate of drug-likeness (QED) is 0.792. The van der Waals surface area contributed by atoms with Crippen LogP contribution in [-0.4, -0.2) is 5.11 Å². The number of aliphatic hydroxyl groups is 1. The highest BCUT2D eigenvalue weighted by Gasteiger charge is 2.23. The largest absolute Gasteiger partial charge is 0.388 e. The Balaban J connectivity index is 2.14. The van der Waals surface area contributed by atoms with E-state index in [4.69, 9.17) is 0 Å². The van der Waals surface area contributed by atoms with Crippen molar-refractivity contribution < 1.29 is 9.50 Å². The predicted molar refractivity (Wildman–Crippen MR) is 70.3 cm³/mol. The third kappa shape index (κ3) is 3.29. The van der Waals surface area contributed by atoms with E-state index in [1.807, 2.05) is 0 Å². The van der Waals surface area contributed by atoms with Crippen molar-refractivity contribution >= 4 is 15.9 Å². The second-order valence-electron chi connectivity index (χ2n) is 4.86. The lowest BCUT2D eigenvalue weighted by molar-refractivity contribution is 0.0981. The Bertz CT molecular complexity index is 372. The van der Waals surface area contributed by atoms with Gasteiger partial charge in [-0.1, -0.05) is 47.7 Å². The summed E-state index contributed by atoms with van der Waals surface area (Å²) in [5.74, 6) is 0.0490. The van der Waals surface area contributed by atoms with Crippen LogP contribution in [0.25, 0.3) is 0 Å². The van der Waals surface area contributed by atoms with Crippen molar-refractivity contribution in [3.05, 3.63) is 34.1 Å². The van der Waals surface area contributed by atoms with E-state index < -0.39 is 6.10 Å². The number of aliphatic hydroxyl groups excluding tert-OH is 1. The Hall–Kier alpha value is -0.410. The van der Waals surface area contributed by atoms with E-state index in [1.54, 1.807) is 6.07 Å². The summed E-state index contributed by atoms with van der Waals surface area (Å²) in [6.07, 6.45) is 6.61. The van der Waals surface area contributed by atoms with Crippen LogP contribution in [-0.2, 0) is 0 Å². The molecule has 1 aliphatic carbocycles. The van der Waals surface area contributed by atoms with Crippen LogP contribution in [0.3, 0.4) is 0 Å². The van der Waals surface area contributed by atoms with Gasteiger partial charge < -0.3 is 5.11 Å². The molecule has 0 spiro atoms. The maximum absolute atomic E-state index is 13.0. The van der Waals surface area contributed by atoms with Gasteiger partial charge in [0.25, 0.3) is 0 Å². The maximum Gasteiger partial charge on any atom is 0.124 e. The van der Waals surface area contributed by atoms with Gasteiger partial charge in [-0.25, -0.2) is 4.39 Å². The molecular weight excluding hydrogens is 283 g/mol. The topological polar surface area (TPSA) is 20.2 Å². The summed E-state index contributed by atoms with van der Waals surface area (Å²) in [6.45, 7) is 0. The van der Waals surface area contributed by atoms with E-state index in [0.717, 1.165) is 18.4 Å².